The zero-order valence-electron chi connectivity index (χ0n) is 20.7. The largest absolute Gasteiger partial charge is 0.353 e. The molecule has 1 aromatic carbocycles. The molecule has 1 N–H and O–H groups in total. The van der Waals surface area contributed by atoms with Crippen molar-refractivity contribution in [3.63, 3.8) is 0 Å². The number of nitrogens with zero attached hydrogens (tertiary/aromatic N) is 2. The van der Waals surface area contributed by atoms with Crippen molar-refractivity contribution in [3.8, 4) is 0 Å². The van der Waals surface area contributed by atoms with Crippen molar-refractivity contribution in [1.29, 1.82) is 0 Å². The van der Waals surface area contributed by atoms with Crippen molar-refractivity contribution >= 4 is 22.9 Å². The molecule has 0 aliphatic carbocycles. The third-order valence-electron chi connectivity index (χ3n) is 5.96. The molecule has 9 heteroatoms. The molecule has 0 bridgehead atoms. The van der Waals surface area contributed by atoms with Crippen LogP contribution in [0.5, 0.6) is 0 Å². The second-order valence-corrected chi connectivity index (χ2v) is 9.76. The standard InChI is InChI=1S/C27H37N3O5S/c31-25(17-16-23-12-11-18-28-22-23)29-19-8-2-1-3-9-20-30(36(32)33)27(24-13-5-4-6-14-24)35-26-15-7-10-21-34-26/h4-6,11-14,16-18,22,26-27,36H,1-3,7-10,15,19-21H2,(H,29,31). The molecule has 8 nitrogen and oxygen atoms in total. The van der Waals surface area contributed by atoms with Crippen LogP contribution in [-0.4, -0.2) is 49.6 Å². The number of pyridine rings is 1. The summed E-state index contributed by atoms with van der Waals surface area (Å²) in [4.78, 5) is 15.9. The summed E-state index contributed by atoms with van der Waals surface area (Å²) in [5, 5.41) is 2.89. The van der Waals surface area contributed by atoms with Crippen LogP contribution in [0.2, 0.25) is 0 Å². The first-order valence-corrected chi connectivity index (χ1v) is 13.9. The van der Waals surface area contributed by atoms with Crippen molar-refractivity contribution in [2.45, 2.75) is 63.9 Å². The number of ether oxygens (including phenoxy) is 2. The lowest BCUT2D eigenvalue weighted by molar-refractivity contribution is -0.211. The van der Waals surface area contributed by atoms with E-state index in [0.717, 1.165) is 62.5 Å². The van der Waals surface area contributed by atoms with Crippen molar-refractivity contribution in [2.24, 2.45) is 0 Å². The Morgan fingerprint density at radius 3 is 2.64 bits per heavy atom. The SMILES string of the molecule is O=C(C=Cc1cccnc1)NCCCCCCCN(C(OC1CCCCO1)c1ccccc1)[SH](=O)=O. The second kappa shape index (κ2) is 16.2. The Labute approximate surface area is 215 Å². The van der Waals surface area contributed by atoms with Gasteiger partial charge in [0.05, 0.1) is 0 Å². The van der Waals surface area contributed by atoms with Crippen molar-refractivity contribution in [2.75, 3.05) is 19.7 Å². The second-order valence-electron chi connectivity index (χ2n) is 8.77. The highest BCUT2D eigenvalue weighted by Gasteiger charge is 2.27. The minimum Gasteiger partial charge on any atom is -0.353 e. The lowest BCUT2D eigenvalue weighted by atomic mass is 10.1. The molecule has 1 aromatic heterocycles. The van der Waals surface area contributed by atoms with Crippen LogP contribution in [0.25, 0.3) is 6.08 Å². The van der Waals surface area contributed by atoms with E-state index >= 15 is 0 Å². The number of benzene rings is 1. The Kier molecular flexibility index (Phi) is 12.6. The first-order chi connectivity index (χ1) is 17.6. The summed E-state index contributed by atoms with van der Waals surface area (Å²) in [7, 11) is -2.82. The molecule has 2 aromatic rings. The average molecular weight is 516 g/mol. The zero-order valence-corrected chi connectivity index (χ0v) is 21.6. The molecule has 3 rings (SSSR count). The summed E-state index contributed by atoms with van der Waals surface area (Å²) < 4.78 is 37.6. The molecule has 1 fully saturated rings. The van der Waals surface area contributed by atoms with Gasteiger partial charge in [0, 0.05) is 38.2 Å². The molecule has 2 unspecified atom stereocenters. The molecule has 1 aliphatic heterocycles. The maximum absolute atomic E-state index is 12.2. The van der Waals surface area contributed by atoms with E-state index in [1.165, 1.54) is 10.4 Å². The number of nitrogens with one attached hydrogen (secondary N) is 1. The molecule has 1 amide bonds. The maximum Gasteiger partial charge on any atom is 0.243 e. The predicted molar refractivity (Wildman–Crippen MR) is 140 cm³/mol. The van der Waals surface area contributed by atoms with Crippen LogP contribution >= 0.6 is 0 Å². The summed E-state index contributed by atoms with van der Waals surface area (Å²) in [5.41, 5.74) is 1.69. The molecule has 2 heterocycles. The average Bonchev–Trinajstić information content (AvgIpc) is 2.91. The third-order valence-corrected chi connectivity index (χ3v) is 6.79. The molecule has 196 valence electrons. The minimum absolute atomic E-state index is 0.123. The highest BCUT2D eigenvalue weighted by Crippen LogP contribution is 2.28. The molecular formula is C27H37N3O5S. The van der Waals surface area contributed by atoms with Crippen molar-refractivity contribution in [3.05, 3.63) is 72.1 Å². The molecular weight excluding hydrogens is 478 g/mol. The van der Waals surface area contributed by atoms with E-state index in [1.54, 1.807) is 18.5 Å². The van der Waals surface area contributed by atoms with Crippen LogP contribution in [0.15, 0.2) is 60.9 Å². The Hall–Kier alpha value is -2.59. The van der Waals surface area contributed by atoms with Gasteiger partial charge in [-0.25, -0.2) is 8.42 Å². The number of amides is 1. The van der Waals surface area contributed by atoms with E-state index in [1.807, 2.05) is 42.5 Å². The van der Waals surface area contributed by atoms with Gasteiger partial charge in [-0.05, 0) is 55.4 Å². The summed E-state index contributed by atoms with van der Waals surface area (Å²) in [6, 6.07) is 13.2. The molecule has 1 saturated heterocycles. The van der Waals surface area contributed by atoms with Crippen LogP contribution in [0, 0.1) is 0 Å². The third kappa shape index (κ3) is 10.2. The fourth-order valence-corrected chi connectivity index (χ4v) is 4.70. The molecule has 0 spiro atoms. The lowest BCUT2D eigenvalue weighted by Crippen LogP contribution is -2.35. The van der Waals surface area contributed by atoms with Crippen LogP contribution in [0.1, 0.15) is 68.7 Å². The van der Waals surface area contributed by atoms with E-state index in [9.17, 15) is 13.2 Å². The number of thiol groups is 1. The minimum atomic E-state index is -2.82. The smallest absolute Gasteiger partial charge is 0.243 e. The van der Waals surface area contributed by atoms with Gasteiger partial charge in [-0.15, -0.1) is 0 Å². The summed E-state index contributed by atoms with van der Waals surface area (Å²) in [6.07, 6.45) is 12.8. The quantitative estimate of drug-likeness (QED) is 0.159. The first kappa shape index (κ1) is 28.0. The van der Waals surface area contributed by atoms with Gasteiger partial charge < -0.3 is 14.8 Å². The number of aromatic nitrogens is 1. The van der Waals surface area contributed by atoms with Gasteiger partial charge in [-0.2, -0.15) is 4.31 Å². The Morgan fingerprint density at radius 1 is 1.11 bits per heavy atom. The topological polar surface area (TPSA) is 97.8 Å². The van der Waals surface area contributed by atoms with E-state index in [0.29, 0.717) is 19.7 Å². The Morgan fingerprint density at radius 2 is 1.92 bits per heavy atom. The molecule has 1 aliphatic rings. The van der Waals surface area contributed by atoms with E-state index < -0.39 is 23.4 Å². The highest BCUT2D eigenvalue weighted by molar-refractivity contribution is 7.69. The number of unbranched alkanes of at least 4 members (excludes halogenated alkanes) is 4. The van der Waals surface area contributed by atoms with E-state index in [-0.39, 0.29) is 5.91 Å². The number of hydrogen-bond acceptors (Lipinski definition) is 6. The Bertz CT molecular complexity index is 987. The van der Waals surface area contributed by atoms with Crippen molar-refractivity contribution in [1.82, 2.24) is 14.6 Å². The number of rotatable bonds is 15. The number of carbonyl (C=O) groups is 1. The highest BCUT2D eigenvalue weighted by atomic mass is 32.2. The van der Waals surface area contributed by atoms with Gasteiger partial charge in [0.2, 0.25) is 16.8 Å². The molecule has 0 radical (unpaired) electrons. The Balaban J connectivity index is 1.37. The van der Waals surface area contributed by atoms with Gasteiger partial charge in [0.15, 0.2) is 12.5 Å². The summed E-state index contributed by atoms with van der Waals surface area (Å²) >= 11 is 0. The van der Waals surface area contributed by atoms with E-state index in [4.69, 9.17) is 9.47 Å². The maximum atomic E-state index is 12.2. The van der Waals surface area contributed by atoms with Gasteiger partial charge >= 0.3 is 0 Å². The van der Waals surface area contributed by atoms with Gasteiger partial charge in [-0.1, -0.05) is 55.7 Å². The van der Waals surface area contributed by atoms with Crippen LogP contribution < -0.4 is 5.32 Å². The summed E-state index contributed by atoms with van der Waals surface area (Å²) in [5.74, 6) is -0.123. The van der Waals surface area contributed by atoms with Crippen molar-refractivity contribution < 1.29 is 22.7 Å². The fraction of sp³-hybridized carbons (Fsp3) is 0.481. The zero-order chi connectivity index (χ0) is 25.4. The first-order valence-electron chi connectivity index (χ1n) is 12.7. The van der Waals surface area contributed by atoms with E-state index in [2.05, 4.69) is 10.3 Å². The van der Waals surface area contributed by atoms with Gasteiger partial charge in [0.1, 0.15) is 0 Å². The monoisotopic (exact) mass is 515 g/mol. The molecule has 36 heavy (non-hydrogen) atoms. The van der Waals surface area contributed by atoms with Crippen LogP contribution in [-0.2, 0) is 25.2 Å². The van der Waals surface area contributed by atoms with Crippen LogP contribution in [0.4, 0.5) is 0 Å². The molecule has 2 atom stereocenters. The number of hydrogen-bond donors (Lipinski definition) is 2. The summed E-state index contributed by atoms with van der Waals surface area (Å²) in [6.45, 7) is 1.64. The van der Waals surface area contributed by atoms with Gasteiger partial charge in [0.25, 0.3) is 0 Å². The predicted octanol–water partition coefficient (Wildman–Crippen LogP) is 4.23. The lowest BCUT2D eigenvalue weighted by Gasteiger charge is -2.32. The normalized spacial score (nSPS) is 17.0. The fourth-order valence-electron chi connectivity index (χ4n) is 4.03. The number of carbonyl (C=O) groups excluding carboxylic acids is 1. The van der Waals surface area contributed by atoms with Gasteiger partial charge in [-0.3, -0.25) is 9.78 Å². The van der Waals surface area contributed by atoms with Crippen LogP contribution in [0.3, 0.4) is 0 Å². The molecule has 0 saturated carbocycles.